The number of methoxy groups -OCH3 is 2. The molecule has 0 unspecified atom stereocenters. The number of hydrogen-bond donors (Lipinski definition) is 1. The van der Waals surface area contributed by atoms with Crippen molar-refractivity contribution in [3.8, 4) is 11.5 Å². The third-order valence-electron chi connectivity index (χ3n) is 3.32. The second-order valence-corrected chi connectivity index (χ2v) is 5.01. The first-order valence-electron chi connectivity index (χ1n) is 7.30. The van der Waals surface area contributed by atoms with Gasteiger partial charge in [0.15, 0.2) is 11.5 Å². The van der Waals surface area contributed by atoms with Gasteiger partial charge in [-0.2, -0.15) is 5.10 Å². The van der Waals surface area contributed by atoms with E-state index in [-0.39, 0.29) is 18.0 Å². The number of hydrogen-bond acceptors (Lipinski definition) is 6. The van der Waals surface area contributed by atoms with Crippen molar-refractivity contribution in [2.45, 2.75) is 6.42 Å². The number of rotatable bonds is 7. The molecule has 2 aromatic rings. The van der Waals surface area contributed by atoms with E-state index in [1.807, 2.05) is 0 Å². The molecule has 2 aromatic carbocycles. The Hall–Kier alpha value is -3.42. The molecule has 0 aliphatic heterocycles. The zero-order valence-electron chi connectivity index (χ0n) is 13.8. The van der Waals surface area contributed by atoms with Crippen LogP contribution in [0.1, 0.15) is 11.1 Å². The van der Waals surface area contributed by atoms with Crippen LogP contribution in [-0.2, 0) is 11.2 Å². The normalized spacial score (nSPS) is 10.5. The highest BCUT2D eigenvalue weighted by Gasteiger charge is 2.07. The van der Waals surface area contributed by atoms with E-state index in [1.165, 1.54) is 37.6 Å². The summed E-state index contributed by atoms with van der Waals surface area (Å²) in [5.41, 5.74) is 3.78. The number of nitro benzene ring substituents is 1. The summed E-state index contributed by atoms with van der Waals surface area (Å²) in [5.74, 6) is 0.830. The summed E-state index contributed by atoms with van der Waals surface area (Å²) in [4.78, 5) is 21.9. The highest BCUT2D eigenvalue weighted by molar-refractivity contribution is 5.84. The molecule has 1 amide bonds. The number of nitrogens with one attached hydrogen (secondary N) is 1. The van der Waals surface area contributed by atoms with E-state index in [4.69, 9.17) is 9.47 Å². The maximum absolute atomic E-state index is 11.8. The van der Waals surface area contributed by atoms with Gasteiger partial charge in [-0.3, -0.25) is 14.9 Å². The van der Waals surface area contributed by atoms with Gasteiger partial charge < -0.3 is 9.47 Å². The maximum Gasteiger partial charge on any atom is 0.269 e. The highest BCUT2D eigenvalue weighted by Crippen LogP contribution is 2.26. The largest absolute Gasteiger partial charge is 0.493 e. The van der Waals surface area contributed by atoms with Crippen LogP contribution < -0.4 is 14.9 Å². The Bertz CT molecular complexity index is 787. The molecule has 8 nitrogen and oxygen atoms in total. The van der Waals surface area contributed by atoms with Crippen LogP contribution in [0.15, 0.2) is 47.6 Å². The summed E-state index contributed by atoms with van der Waals surface area (Å²) in [6, 6.07) is 11.0. The Balaban J connectivity index is 1.93. The van der Waals surface area contributed by atoms with E-state index >= 15 is 0 Å². The van der Waals surface area contributed by atoms with Crippen molar-refractivity contribution >= 4 is 17.8 Å². The number of carbonyl (C=O) groups excluding carboxylic acids is 1. The van der Waals surface area contributed by atoms with Gasteiger partial charge in [-0.25, -0.2) is 5.43 Å². The minimum Gasteiger partial charge on any atom is -0.493 e. The average molecular weight is 343 g/mol. The molecule has 0 aliphatic carbocycles. The molecule has 0 fully saturated rings. The van der Waals surface area contributed by atoms with Crippen LogP contribution >= 0.6 is 0 Å². The summed E-state index contributed by atoms with van der Waals surface area (Å²) >= 11 is 0. The molecule has 0 aromatic heterocycles. The van der Waals surface area contributed by atoms with E-state index in [1.54, 1.807) is 25.3 Å². The molecule has 0 saturated carbocycles. The Morgan fingerprint density at radius 3 is 2.44 bits per heavy atom. The minimum atomic E-state index is -0.489. The zero-order valence-corrected chi connectivity index (χ0v) is 13.8. The summed E-state index contributed by atoms with van der Waals surface area (Å²) in [5, 5.41) is 14.5. The average Bonchev–Trinajstić information content (AvgIpc) is 2.62. The van der Waals surface area contributed by atoms with Crippen molar-refractivity contribution in [3.05, 3.63) is 63.7 Å². The van der Waals surface area contributed by atoms with Crippen molar-refractivity contribution in [2.75, 3.05) is 14.2 Å². The molecule has 25 heavy (non-hydrogen) atoms. The van der Waals surface area contributed by atoms with E-state index in [0.717, 1.165) is 5.56 Å². The van der Waals surface area contributed by atoms with E-state index < -0.39 is 4.92 Å². The molecule has 0 aliphatic rings. The summed E-state index contributed by atoms with van der Waals surface area (Å²) in [6.07, 6.45) is 1.55. The molecule has 2 rings (SSSR count). The summed E-state index contributed by atoms with van der Waals surface area (Å²) in [6.45, 7) is 0. The number of nitro groups is 1. The first-order chi connectivity index (χ1) is 12.0. The van der Waals surface area contributed by atoms with E-state index in [2.05, 4.69) is 10.5 Å². The van der Waals surface area contributed by atoms with Crippen LogP contribution in [0.3, 0.4) is 0 Å². The SMILES string of the molecule is COc1ccc(C=NNC(=O)Cc2ccc([N+](=O)[O-])cc2)cc1OC. The fourth-order valence-electron chi connectivity index (χ4n) is 2.07. The van der Waals surface area contributed by atoms with Crippen LogP contribution in [-0.4, -0.2) is 31.3 Å². The maximum atomic E-state index is 11.8. The van der Waals surface area contributed by atoms with Gasteiger partial charge in [-0.1, -0.05) is 12.1 Å². The van der Waals surface area contributed by atoms with E-state index in [0.29, 0.717) is 17.1 Å². The molecule has 8 heteroatoms. The lowest BCUT2D eigenvalue weighted by atomic mass is 10.1. The summed E-state index contributed by atoms with van der Waals surface area (Å²) < 4.78 is 10.3. The Morgan fingerprint density at radius 1 is 1.16 bits per heavy atom. The van der Waals surface area contributed by atoms with Crippen molar-refractivity contribution in [1.29, 1.82) is 0 Å². The van der Waals surface area contributed by atoms with Gasteiger partial charge in [0.25, 0.3) is 5.69 Å². The number of carbonyl (C=O) groups is 1. The predicted octanol–water partition coefficient (Wildman–Crippen LogP) is 2.30. The number of benzene rings is 2. The van der Waals surface area contributed by atoms with Gasteiger partial charge in [0.05, 0.1) is 31.8 Å². The molecule has 0 spiro atoms. The number of non-ortho nitro benzene ring substituents is 1. The van der Waals surface area contributed by atoms with Gasteiger partial charge in [0, 0.05) is 12.1 Å². The van der Waals surface area contributed by atoms with Crippen LogP contribution in [0.4, 0.5) is 5.69 Å². The molecule has 0 radical (unpaired) electrons. The first-order valence-corrected chi connectivity index (χ1v) is 7.30. The smallest absolute Gasteiger partial charge is 0.269 e. The van der Waals surface area contributed by atoms with Crippen LogP contribution in [0, 0.1) is 10.1 Å². The molecule has 0 saturated heterocycles. The number of hydrazone groups is 1. The predicted molar refractivity (Wildman–Crippen MR) is 92.1 cm³/mol. The second kappa shape index (κ2) is 8.44. The van der Waals surface area contributed by atoms with Crippen molar-refractivity contribution in [1.82, 2.24) is 5.43 Å². The lowest BCUT2D eigenvalue weighted by molar-refractivity contribution is -0.384. The van der Waals surface area contributed by atoms with Crippen LogP contribution in [0.2, 0.25) is 0 Å². The Morgan fingerprint density at radius 2 is 1.84 bits per heavy atom. The number of amides is 1. The molecular formula is C17H17N3O5. The quantitative estimate of drug-likeness (QED) is 0.472. The highest BCUT2D eigenvalue weighted by atomic mass is 16.6. The van der Waals surface area contributed by atoms with Gasteiger partial charge in [0.2, 0.25) is 5.91 Å². The van der Waals surface area contributed by atoms with Gasteiger partial charge >= 0.3 is 0 Å². The molecule has 0 heterocycles. The molecular weight excluding hydrogens is 326 g/mol. The number of ether oxygens (including phenoxy) is 2. The monoisotopic (exact) mass is 343 g/mol. The Labute approximate surface area is 144 Å². The van der Waals surface area contributed by atoms with Crippen LogP contribution in [0.5, 0.6) is 11.5 Å². The van der Waals surface area contributed by atoms with Crippen LogP contribution in [0.25, 0.3) is 0 Å². The summed E-state index contributed by atoms with van der Waals surface area (Å²) in [7, 11) is 3.08. The topological polar surface area (TPSA) is 103 Å². The fourth-order valence-corrected chi connectivity index (χ4v) is 2.07. The minimum absolute atomic E-state index is 0.0179. The molecule has 0 atom stereocenters. The molecule has 130 valence electrons. The lowest BCUT2D eigenvalue weighted by Gasteiger charge is -2.07. The molecule has 0 bridgehead atoms. The third kappa shape index (κ3) is 5.03. The standard InChI is InChI=1S/C17H17N3O5/c1-24-15-8-5-13(9-16(15)25-2)11-18-19-17(21)10-12-3-6-14(7-4-12)20(22)23/h3-9,11H,10H2,1-2H3,(H,19,21). The van der Waals surface area contributed by atoms with E-state index in [9.17, 15) is 14.9 Å². The molecule has 1 N–H and O–H groups in total. The van der Waals surface area contributed by atoms with Gasteiger partial charge in [-0.05, 0) is 29.3 Å². The van der Waals surface area contributed by atoms with Crippen molar-refractivity contribution < 1.29 is 19.2 Å². The Kier molecular flexibility index (Phi) is 6.05. The van der Waals surface area contributed by atoms with Crippen molar-refractivity contribution in [2.24, 2.45) is 5.10 Å². The van der Waals surface area contributed by atoms with Gasteiger partial charge in [0.1, 0.15) is 0 Å². The fraction of sp³-hybridized carbons (Fsp3) is 0.176. The zero-order chi connectivity index (χ0) is 18.2. The first kappa shape index (κ1) is 17.9. The van der Waals surface area contributed by atoms with Crippen molar-refractivity contribution in [3.63, 3.8) is 0 Å². The van der Waals surface area contributed by atoms with Gasteiger partial charge in [-0.15, -0.1) is 0 Å². The third-order valence-corrected chi connectivity index (χ3v) is 3.32. The number of nitrogens with zero attached hydrogens (tertiary/aromatic N) is 2. The second-order valence-electron chi connectivity index (χ2n) is 5.01. The lowest BCUT2D eigenvalue weighted by Crippen LogP contribution is -2.19.